The monoisotopic (exact) mass is 920 g/mol. The molecular formula is C37H48Cl4O6S6. The Morgan fingerprint density at radius 1 is 0.755 bits per heavy atom. The van der Waals surface area contributed by atoms with Gasteiger partial charge in [0.1, 0.15) is 12.7 Å². The number of carbonyl (C=O) groups is 2. The van der Waals surface area contributed by atoms with Gasteiger partial charge in [0.25, 0.3) is 0 Å². The van der Waals surface area contributed by atoms with Crippen molar-refractivity contribution in [3.05, 3.63) is 80.8 Å². The molecule has 3 unspecified atom stereocenters. The van der Waals surface area contributed by atoms with E-state index in [0.29, 0.717) is 19.2 Å². The first kappa shape index (κ1) is 48.9. The van der Waals surface area contributed by atoms with Gasteiger partial charge < -0.3 is 18.9 Å². The second-order valence-corrected chi connectivity index (χ2v) is 21.3. The summed E-state index contributed by atoms with van der Waals surface area (Å²) in [6.07, 6.45) is 11.8. The van der Waals surface area contributed by atoms with Gasteiger partial charge in [0.15, 0.2) is 21.9 Å². The topological polar surface area (TPSA) is 71.1 Å². The van der Waals surface area contributed by atoms with Gasteiger partial charge in [-0.2, -0.15) is 47.0 Å². The molecule has 0 N–H and O–H groups in total. The molecule has 2 rings (SSSR count). The molecule has 0 heterocycles. The first-order valence-corrected chi connectivity index (χ1v) is 25.0. The summed E-state index contributed by atoms with van der Waals surface area (Å²) in [4.78, 5) is 23.3. The third kappa shape index (κ3) is 15.2. The molecule has 0 saturated carbocycles. The first-order valence-electron chi connectivity index (χ1n) is 16.3. The number of hydrogen-bond donors (Lipinski definition) is 0. The first-order chi connectivity index (χ1) is 25.0. The number of rotatable bonds is 24. The summed E-state index contributed by atoms with van der Waals surface area (Å²) in [5, 5.41) is 1.17. The Morgan fingerprint density at radius 2 is 1.21 bits per heavy atom. The van der Waals surface area contributed by atoms with Crippen molar-refractivity contribution < 1.29 is 28.5 Å². The molecule has 0 spiro atoms. The van der Waals surface area contributed by atoms with Gasteiger partial charge in [-0.05, 0) is 98.6 Å². The number of esters is 2. The molecule has 2 aromatic carbocycles. The lowest BCUT2D eigenvalue weighted by molar-refractivity contribution is -0.146. The highest BCUT2D eigenvalue weighted by Crippen LogP contribution is 2.45. The van der Waals surface area contributed by atoms with E-state index in [2.05, 4.69) is 38.2 Å². The Kier molecular flexibility index (Phi) is 22.0. The van der Waals surface area contributed by atoms with E-state index in [-0.39, 0.29) is 28.2 Å². The van der Waals surface area contributed by atoms with E-state index in [4.69, 9.17) is 65.4 Å². The smallest absolute Gasteiger partial charge is 0.331 e. The van der Waals surface area contributed by atoms with Crippen LogP contribution in [0.25, 0.3) is 0 Å². The van der Waals surface area contributed by atoms with Gasteiger partial charge in [0.2, 0.25) is 0 Å². The molecule has 0 aliphatic rings. The average Bonchev–Trinajstić information content (AvgIpc) is 3.11. The molecule has 0 saturated heterocycles. The Labute approximate surface area is 361 Å². The molecule has 0 fully saturated rings. The van der Waals surface area contributed by atoms with Gasteiger partial charge in [0, 0.05) is 17.6 Å². The fourth-order valence-corrected chi connectivity index (χ4v) is 11.7. The van der Waals surface area contributed by atoms with Gasteiger partial charge in [-0.25, -0.2) is 9.59 Å². The van der Waals surface area contributed by atoms with E-state index in [1.807, 2.05) is 13.8 Å². The standard InChI is InChI=1S/C37H48Cl4O6S6/c1-11-29(42)45-22(3)35(52-15-13-31(48-7)49-8)46-34-27(40)19-24(20-28(34)41)36(4,5)23-17-25(38)33(26(39)18-23)44-21-37(6,47-30(43)12-2)53-16-14-32(50-9)51-10/h11-12,17-20,22,31-32,35H,1-2,13-16,21H2,3-10H3. The SMILES string of the molecule is C=CC(=O)OC(C)C(Oc1c(Cl)cc(C(C)(C)c2cc(Cl)c(OCC(C)(OC(=O)C=C)SCCC(SC)SC)c(Cl)c2)cc1Cl)SCCC(SC)SC. The molecule has 0 bridgehead atoms. The highest BCUT2D eigenvalue weighted by molar-refractivity contribution is 8.16. The van der Waals surface area contributed by atoms with Crippen molar-refractivity contribution in [2.45, 2.75) is 71.6 Å². The van der Waals surface area contributed by atoms with E-state index in [1.165, 1.54) is 23.5 Å². The predicted molar refractivity (Wildman–Crippen MR) is 241 cm³/mol. The van der Waals surface area contributed by atoms with E-state index in [1.54, 1.807) is 85.2 Å². The number of ether oxygens (including phenoxy) is 4. The molecule has 2 aromatic rings. The molecule has 0 amide bonds. The fourth-order valence-electron chi connectivity index (χ4n) is 4.80. The molecule has 3 atom stereocenters. The lowest BCUT2D eigenvalue weighted by Gasteiger charge is -2.31. The minimum atomic E-state index is -1.01. The second kappa shape index (κ2) is 23.8. The Morgan fingerprint density at radius 3 is 1.66 bits per heavy atom. The van der Waals surface area contributed by atoms with Gasteiger partial charge >= 0.3 is 11.9 Å². The van der Waals surface area contributed by atoms with Gasteiger partial charge in [-0.1, -0.05) is 73.4 Å². The normalized spacial score (nSPS) is 14.0. The highest BCUT2D eigenvalue weighted by Gasteiger charge is 2.33. The summed E-state index contributed by atoms with van der Waals surface area (Å²) >= 11 is 37.5. The van der Waals surface area contributed by atoms with Crippen LogP contribution < -0.4 is 9.47 Å². The van der Waals surface area contributed by atoms with Crippen LogP contribution in [0.1, 0.15) is 51.7 Å². The summed E-state index contributed by atoms with van der Waals surface area (Å²) in [5.74, 6) is 0.982. The zero-order valence-electron chi connectivity index (χ0n) is 31.1. The molecular weight excluding hydrogens is 875 g/mol. The zero-order chi connectivity index (χ0) is 39.9. The number of carbonyl (C=O) groups excluding carboxylic acids is 2. The maximum Gasteiger partial charge on any atom is 0.331 e. The molecule has 0 aliphatic heterocycles. The summed E-state index contributed by atoms with van der Waals surface area (Å²) in [7, 11) is 0. The van der Waals surface area contributed by atoms with Gasteiger partial charge in [0.05, 0.1) is 29.3 Å². The molecule has 0 aliphatic carbocycles. The Hall–Kier alpha value is -0.280. The lowest BCUT2D eigenvalue weighted by atomic mass is 9.78. The molecule has 16 heteroatoms. The van der Waals surface area contributed by atoms with E-state index in [9.17, 15) is 9.59 Å². The van der Waals surface area contributed by atoms with Crippen LogP contribution in [0, 0.1) is 0 Å². The third-order valence-corrected chi connectivity index (χ3v) is 16.9. The minimum absolute atomic E-state index is 0.00963. The average molecular weight is 923 g/mol. The maximum atomic E-state index is 12.2. The summed E-state index contributed by atoms with van der Waals surface area (Å²) in [5.41, 5.74) is 0.322. The Bertz CT molecular complexity index is 1500. The second-order valence-electron chi connectivity index (χ2n) is 12.1. The molecule has 0 aromatic heterocycles. The van der Waals surface area contributed by atoms with Crippen LogP contribution in [0.4, 0.5) is 0 Å². The van der Waals surface area contributed by atoms with Gasteiger partial charge in [-0.15, -0.1) is 23.5 Å². The van der Waals surface area contributed by atoms with Crippen molar-refractivity contribution in [2.24, 2.45) is 0 Å². The Balaban J connectivity index is 2.35. The number of halogens is 4. The van der Waals surface area contributed by atoms with Crippen molar-refractivity contribution >= 4 is 129 Å². The quantitative estimate of drug-likeness (QED) is 0.0572. The van der Waals surface area contributed by atoms with Gasteiger partial charge in [-0.3, -0.25) is 0 Å². The largest absolute Gasteiger partial charge is 0.485 e. The lowest BCUT2D eigenvalue weighted by Crippen LogP contribution is -2.35. The third-order valence-electron chi connectivity index (χ3n) is 7.94. The van der Waals surface area contributed by atoms with Crippen LogP contribution in [-0.2, 0) is 24.5 Å². The van der Waals surface area contributed by atoms with E-state index in [0.717, 1.165) is 47.6 Å². The fraction of sp³-hybridized carbons (Fsp3) is 0.514. The summed E-state index contributed by atoms with van der Waals surface area (Å²) in [6, 6.07) is 7.17. The molecule has 6 nitrogen and oxygen atoms in total. The molecule has 53 heavy (non-hydrogen) atoms. The van der Waals surface area contributed by atoms with Crippen molar-refractivity contribution in [2.75, 3.05) is 43.1 Å². The molecule has 0 radical (unpaired) electrons. The van der Waals surface area contributed by atoms with Crippen LogP contribution in [0.5, 0.6) is 11.5 Å². The minimum Gasteiger partial charge on any atom is -0.485 e. The number of benzene rings is 2. The van der Waals surface area contributed by atoms with Crippen LogP contribution in [0.15, 0.2) is 49.6 Å². The predicted octanol–water partition coefficient (Wildman–Crippen LogP) is 12.6. The highest BCUT2D eigenvalue weighted by atomic mass is 35.5. The van der Waals surface area contributed by atoms with Crippen LogP contribution in [0.3, 0.4) is 0 Å². The van der Waals surface area contributed by atoms with Crippen LogP contribution in [0.2, 0.25) is 20.1 Å². The van der Waals surface area contributed by atoms with Crippen molar-refractivity contribution in [3.8, 4) is 11.5 Å². The summed E-state index contributed by atoms with van der Waals surface area (Å²) < 4.78 is 24.6. The summed E-state index contributed by atoms with van der Waals surface area (Å²) in [6.45, 7) is 14.6. The van der Waals surface area contributed by atoms with Crippen LogP contribution in [-0.4, -0.2) is 80.7 Å². The molecule has 296 valence electrons. The number of thioether (sulfide) groups is 6. The van der Waals surface area contributed by atoms with E-state index < -0.39 is 33.8 Å². The number of hydrogen-bond acceptors (Lipinski definition) is 12. The van der Waals surface area contributed by atoms with Crippen LogP contribution >= 0.6 is 117 Å². The van der Waals surface area contributed by atoms with Crippen molar-refractivity contribution in [1.82, 2.24) is 0 Å². The van der Waals surface area contributed by atoms with Crippen molar-refractivity contribution in [3.63, 3.8) is 0 Å². The zero-order valence-corrected chi connectivity index (χ0v) is 39.1. The van der Waals surface area contributed by atoms with Crippen molar-refractivity contribution in [1.29, 1.82) is 0 Å². The van der Waals surface area contributed by atoms with E-state index >= 15 is 0 Å². The maximum absolute atomic E-state index is 12.2.